The summed E-state index contributed by atoms with van der Waals surface area (Å²) in [5.41, 5.74) is 0.625. The van der Waals surface area contributed by atoms with Crippen LogP contribution < -0.4 is 4.60 Å². The van der Waals surface area contributed by atoms with Gasteiger partial charge in [-0.25, -0.2) is 4.79 Å². The van der Waals surface area contributed by atoms with Crippen LogP contribution in [0.25, 0.3) is 6.08 Å². The van der Waals surface area contributed by atoms with Crippen molar-refractivity contribution in [2.75, 3.05) is 0 Å². The van der Waals surface area contributed by atoms with Crippen LogP contribution >= 0.6 is 0 Å². The summed E-state index contributed by atoms with van der Waals surface area (Å²) < 4.78 is 4.58. The molecule has 0 aliphatic rings. The maximum atomic E-state index is 10.6. The molecule has 0 radical (unpaired) electrons. The van der Waals surface area contributed by atoms with E-state index in [0.717, 1.165) is 6.08 Å². The van der Waals surface area contributed by atoms with Crippen molar-refractivity contribution in [3.63, 3.8) is 0 Å². The molecular weight excluding hydrogens is 164 g/mol. The number of hydrogen-bond acceptors (Lipinski definition) is 3. The van der Waals surface area contributed by atoms with E-state index in [-0.39, 0.29) is 10.3 Å². The van der Waals surface area contributed by atoms with E-state index < -0.39 is 5.97 Å². The number of nitrogens with zero attached hydrogens (tertiary/aromatic N) is 1. The lowest BCUT2D eigenvalue weighted by molar-refractivity contribution is -0.718. The minimum absolute atomic E-state index is 0.265. The van der Waals surface area contributed by atoms with E-state index in [0.29, 0.717) is 5.69 Å². The van der Waals surface area contributed by atoms with Gasteiger partial charge in [0, 0.05) is 13.0 Å². The Hall–Kier alpha value is -1.85. The zero-order chi connectivity index (χ0) is 9.14. The molecule has 0 aromatic carbocycles. The van der Waals surface area contributed by atoms with Crippen molar-refractivity contribution in [1.82, 2.24) is 5.16 Å². The van der Waals surface area contributed by atoms with Gasteiger partial charge in [-0.05, 0) is 11.0 Å². The third-order valence-corrected chi connectivity index (χ3v) is 1.29. The molecule has 1 aromatic rings. The molecule has 0 aliphatic carbocycles. The molecular formula is C6H7N2O4+. The Morgan fingerprint density at radius 2 is 2.42 bits per heavy atom. The predicted octanol–water partition coefficient (Wildman–Crippen LogP) is -0.0716. The first-order valence-corrected chi connectivity index (χ1v) is 3.13. The fraction of sp³-hybridized carbons (Fsp3) is 0.167. The number of aromatic amines is 1. The van der Waals surface area contributed by atoms with Gasteiger partial charge in [0.1, 0.15) is 0 Å². The zero-order valence-corrected chi connectivity index (χ0v) is 6.27. The van der Waals surface area contributed by atoms with Gasteiger partial charge in [0.2, 0.25) is 11.4 Å². The topological polar surface area (TPSA) is 89.2 Å². The molecule has 0 saturated heterocycles. The summed E-state index contributed by atoms with van der Waals surface area (Å²) in [5.74, 6) is -1.08. The Balaban J connectivity index is 2.97. The third kappa shape index (κ3) is 1.60. The largest absolute Gasteiger partial charge is 0.478 e. The van der Waals surface area contributed by atoms with Crippen molar-refractivity contribution >= 4 is 12.0 Å². The highest BCUT2D eigenvalue weighted by Gasteiger charge is 2.11. The van der Waals surface area contributed by atoms with Crippen LogP contribution in [0.15, 0.2) is 10.7 Å². The van der Waals surface area contributed by atoms with E-state index >= 15 is 0 Å². The molecule has 1 aromatic heterocycles. The SMILES string of the molecule is Cc1c(/C=C/C(=O)O)[nH]o[n+]1=O. The summed E-state index contributed by atoms with van der Waals surface area (Å²) in [4.78, 5) is 20.7. The van der Waals surface area contributed by atoms with E-state index in [2.05, 4.69) is 9.79 Å². The number of rotatable bonds is 2. The molecule has 2 N–H and O–H groups in total. The van der Waals surface area contributed by atoms with Crippen LogP contribution in [0.1, 0.15) is 11.4 Å². The summed E-state index contributed by atoms with van der Waals surface area (Å²) in [6.07, 6.45) is 2.16. The summed E-state index contributed by atoms with van der Waals surface area (Å²) in [6, 6.07) is 0. The number of carboxylic acid groups (broad SMARTS) is 1. The number of carboxylic acids is 1. The standard InChI is InChI=1S/C6H6N2O4/c1-4-5(2-3-6(9)10)7-12-8(4)11/h2-3H,1H3,(H-,7,9,10,11)/p+1/b3-2+. The van der Waals surface area contributed by atoms with Crippen LogP contribution in [0.4, 0.5) is 0 Å². The predicted molar refractivity (Wildman–Crippen MR) is 37.8 cm³/mol. The number of nitrogens with one attached hydrogen (secondary N) is 1. The second-order valence-electron chi connectivity index (χ2n) is 2.12. The normalized spacial score (nSPS) is 10.8. The highest BCUT2D eigenvalue weighted by molar-refractivity contribution is 5.84. The summed E-state index contributed by atoms with van der Waals surface area (Å²) >= 11 is 0. The van der Waals surface area contributed by atoms with Crippen LogP contribution in [-0.4, -0.2) is 16.2 Å². The van der Waals surface area contributed by atoms with Crippen molar-refractivity contribution < 1.29 is 19.1 Å². The third-order valence-electron chi connectivity index (χ3n) is 1.29. The lowest BCUT2D eigenvalue weighted by atomic mass is 10.3. The van der Waals surface area contributed by atoms with Gasteiger partial charge in [-0.2, -0.15) is 0 Å². The Kier molecular flexibility index (Phi) is 2.09. The second-order valence-corrected chi connectivity index (χ2v) is 2.12. The molecule has 64 valence electrons. The van der Waals surface area contributed by atoms with E-state index in [1.165, 1.54) is 13.0 Å². The average molecular weight is 171 g/mol. The van der Waals surface area contributed by atoms with Crippen LogP contribution in [0.5, 0.6) is 0 Å². The van der Waals surface area contributed by atoms with E-state index in [1.807, 2.05) is 0 Å². The molecule has 0 unspecified atom stereocenters. The molecule has 0 fully saturated rings. The number of aromatic nitrogens is 2. The van der Waals surface area contributed by atoms with Crippen molar-refractivity contribution in [2.45, 2.75) is 6.92 Å². The number of hydrogen-bond donors (Lipinski definition) is 2. The van der Waals surface area contributed by atoms with Crippen molar-refractivity contribution in [3.05, 3.63) is 22.4 Å². The lowest BCUT2D eigenvalue weighted by Gasteiger charge is -1.75. The number of H-pyrrole nitrogens is 1. The molecule has 0 bridgehead atoms. The maximum absolute atomic E-state index is 10.6. The maximum Gasteiger partial charge on any atom is 0.328 e. The molecule has 0 aliphatic heterocycles. The zero-order valence-electron chi connectivity index (χ0n) is 6.27. The minimum Gasteiger partial charge on any atom is -0.478 e. The Morgan fingerprint density at radius 1 is 1.75 bits per heavy atom. The first-order chi connectivity index (χ1) is 5.61. The fourth-order valence-corrected chi connectivity index (χ4v) is 0.641. The van der Waals surface area contributed by atoms with Gasteiger partial charge < -0.3 is 5.11 Å². The fourth-order valence-electron chi connectivity index (χ4n) is 0.641. The number of carbonyl (C=O) groups is 1. The van der Waals surface area contributed by atoms with Crippen LogP contribution in [0.3, 0.4) is 0 Å². The molecule has 0 amide bonds. The van der Waals surface area contributed by atoms with Gasteiger partial charge in [0.25, 0.3) is 0 Å². The molecule has 12 heavy (non-hydrogen) atoms. The molecule has 6 nitrogen and oxygen atoms in total. The van der Waals surface area contributed by atoms with Gasteiger partial charge >= 0.3 is 5.97 Å². The molecule has 0 saturated carbocycles. The molecule has 1 rings (SSSR count). The highest BCUT2D eigenvalue weighted by atomic mass is 16.7. The minimum atomic E-state index is -1.08. The Morgan fingerprint density at radius 3 is 2.83 bits per heavy atom. The Bertz CT molecular complexity index is 373. The van der Waals surface area contributed by atoms with E-state index in [4.69, 9.17) is 5.11 Å². The van der Waals surface area contributed by atoms with Crippen molar-refractivity contribution in [2.24, 2.45) is 0 Å². The van der Waals surface area contributed by atoms with E-state index in [9.17, 15) is 9.70 Å². The monoisotopic (exact) mass is 171 g/mol. The summed E-state index contributed by atoms with van der Waals surface area (Å²) in [5, 5.41) is 10.5. The Labute approximate surface area is 66.6 Å². The van der Waals surface area contributed by atoms with E-state index in [1.54, 1.807) is 0 Å². The van der Waals surface area contributed by atoms with Gasteiger partial charge in [-0.1, -0.05) is 9.79 Å². The number of aliphatic carboxylic acids is 1. The first kappa shape index (κ1) is 8.25. The van der Waals surface area contributed by atoms with Gasteiger partial charge in [0.15, 0.2) is 4.60 Å². The molecule has 0 spiro atoms. The van der Waals surface area contributed by atoms with Crippen molar-refractivity contribution in [1.29, 1.82) is 0 Å². The summed E-state index contributed by atoms with van der Waals surface area (Å²) in [6.45, 7) is 1.51. The van der Waals surface area contributed by atoms with Gasteiger partial charge in [0.05, 0.1) is 0 Å². The lowest BCUT2D eigenvalue weighted by Crippen LogP contribution is -2.12. The molecule has 1 heterocycles. The average Bonchev–Trinajstić information content (AvgIpc) is 2.30. The molecule has 0 atom stereocenters. The highest BCUT2D eigenvalue weighted by Crippen LogP contribution is 1.99. The smallest absolute Gasteiger partial charge is 0.328 e. The summed E-state index contributed by atoms with van der Waals surface area (Å²) in [7, 11) is 0. The molecule has 6 heteroatoms. The quantitative estimate of drug-likeness (QED) is 0.609. The van der Waals surface area contributed by atoms with Crippen molar-refractivity contribution in [3.8, 4) is 0 Å². The van der Waals surface area contributed by atoms with Gasteiger partial charge in [-0.3, -0.25) is 0 Å². The van der Waals surface area contributed by atoms with Crippen LogP contribution in [0, 0.1) is 11.8 Å². The van der Waals surface area contributed by atoms with Crippen LogP contribution in [-0.2, 0) is 4.79 Å². The second kappa shape index (κ2) is 3.04. The van der Waals surface area contributed by atoms with Gasteiger partial charge in [-0.15, -0.1) is 0 Å². The first-order valence-electron chi connectivity index (χ1n) is 3.13. The van der Waals surface area contributed by atoms with Crippen LogP contribution in [0.2, 0.25) is 0 Å².